The van der Waals surface area contributed by atoms with Crippen LogP contribution in [-0.2, 0) is 0 Å². The molecule has 0 radical (unpaired) electrons. The molecule has 3 N–H and O–H groups in total. The maximum absolute atomic E-state index is 5.79. The van der Waals surface area contributed by atoms with E-state index in [1.54, 1.807) is 0 Å². The SMILES string of the molecule is CCC1(C(CCC(C)(C)C)NN)CCCC1. The third kappa shape index (κ3) is 3.46. The van der Waals surface area contributed by atoms with Crippen molar-refractivity contribution < 1.29 is 0 Å². The van der Waals surface area contributed by atoms with E-state index in [0.717, 1.165) is 0 Å². The first-order valence-electron chi connectivity index (χ1n) is 6.90. The van der Waals surface area contributed by atoms with Crippen molar-refractivity contribution in [1.29, 1.82) is 0 Å². The summed E-state index contributed by atoms with van der Waals surface area (Å²) in [5.41, 5.74) is 4.01. The Morgan fingerprint density at radius 3 is 2.19 bits per heavy atom. The van der Waals surface area contributed by atoms with E-state index in [1.165, 1.54) is 44.9 Å². The Morgan fingerprint density at radius 1 is 1.25 bits per heavy atom. The van der Waals surface area contributed by atoms with Gasteiger partial charge in [0.05, 0.1) is 0 Å². The second-order valence-electron chi connectivity index (χ2n) is 6.74. The molecule has 2 nitrogen and oxygen atoms in total. The maximum Gasteiger partial charge on any atom is 0.0267 e. The van der Waals surface area contributed by atoms with Crippen LogP contribution in [0.1, 0.15) is 72.6 Å². The lowest BCUT2D eigenvalue weighted by Gasteiger charge is -2.38. The van der Waals surface area contributed by atoms with Gasteiger partial charge in [0.2, 0.25) is 0 Å². The van der Waals surface area contributed by atoms with Crippen LogP contribution < -0.4 is 11.3 Å². The lowest BCUT2D eigenvalue weighted by molar-refractivity contribution is 0.161. The molecule has 1 rings (SSSR count). The molecule has 2 heteroatoms. The van der Waals surface area contributed by atoms with Gasteiger partial charge in [-0.15, -0.1) is 0 Å². The second-order valence-corrected chi connectivity index (χ2v) is 6.74. The third-order valence-electron chi connectivity index (χ3n) is 4.43. The van der Waals surface area contributed by atoms with E-state index in [2.05, 4.69) is 33.1 Å². The largest absolute Gasteiger partial charge is 0.271 e. The molecule has 1 atom stereocenters. The fourth-order valence-electron chi connectivity index (χ4n) is 3.17. The van der Waals surface area contributed by atoms with Crippen LogP contribution in [0.4, 0.5) is 0 Å². The molecular formula is C14H30N2. The molecule has 0 aromatic rings. The summed E-state index contributed by atoms with van der Waals surface area (Å²) in [5.74, 6) is 5.79. The Bertz CT molecular complexity index is 199. The average Bonchev–Trinajstić information content (AvgIpc) is 2.67. The van der Waals surface area contributed by atoms with Crippen molar-refractivity contribution in [2.45, 2.75) is 78.7 Å². The number of hydrogen-bond acceptors (Lipinski definition) is 2. The van der Waals surface area contributed by atoms with E-state index in [9.17, 15) is 0 Å². The summed E-state index contributed by atoms with van der Waals surface area (Å²) >= 11 is 0. The van der Waals surface area contributed by atoms with Crippen LogP contribution in [-0.4, -0.2) is 6.04 Å². The van der Waals surface area contributed by atoms with Gasteiger partial charge in [0.25, 0.3) is 0 Å². The summed E-state index contributed by atoms with van der Waals surface area (Å²) in [6.45, 7) is 9.27. The molecule has 0 aromatic carbocycles. The Labute approximate surface area is 101 Å². The summed E-state index contributed by atoms with van der Waals surface area (Å²) < 4.78 is 0. The lowest BCUT2D eigenvalue weighted by Crippen LogP contribution is -2.47. The van der Waals surface area contributed by atoms with Crippen LogP contribution in [0, 0.1) is 10.8 Å². The average molecular weight is 226 g/mol. The molecule has 1 saturated carbocycles. The fourth-order valence-corrected chi connectivity index (χ4v) is 3.17. The minimum Gasteiger partial charge on any atom is -0.271 e. The highest BCUT2D eigenvalue weighted by Gasteiger charge is 2.39. The summed E-state index contributed by atoms with van der Waals surface area (Å²) in [7, 11) is 0. The summed E-state index contributed by atoms with van der Waals surface area (Å²) in [5, 5.41) is 0. The van der Waals surface area contributed by atoms with Gasteiger partial charge in [-0.05, 0) is 42.9 Å². The minimum atomic E-state index is 0.419. The standard InChI is InChI=1S/C14H30N2/c1-5-14(9-6-7-10-14)12(16-15)8-11-13(2,3)4/h12,16H,5-11,15H2,1-4H3. The molecular weight excluding hydrogens is 196 g/mol. The van der Waals surface area contributed by atoms with Crippen molar-refractivity contribution in [3.8, 4) is 0 Å². The van der Waals surface area contributed by atoms with Gasteiger partial charge >= 0.3 is 0 Å². The van der Waals surface area contributed by atoms with Crippen LogP contribution >= 0.6 is 0 Å². The van der Waals surface area contributed by atoms with Crippen molar-refractivity contribution >= 4 is 0 Å². The van der Waals surface area contributed by atoms with E-state index >= 15 is 0 Å². The number of hydrazine groups is 1. The van der Waals surface area contributed by atoms with Crippen LogP contribution in [0.3, 0.4) is 0 Å². The molecule has 0 saturated heterocycles. The fraction of sp³-hybridized carbons (Fsp3) is 1.00. The summed E-state index contributed by atoms with van der Waals surface area (Å²) in [6, 6.07) is 0.513. The van der Waals surface area contributed by atoms with Gasteiger partial charge in [-0.1, -0.05) is 40.5 Å². The van der Waals surface area contributed by atoms with E-state index in [4.69, 9.17) is 5.84 Å². The van der Waals surface area contributed by atoms with Gasteiger partial charge in [0.15, 0.2) is 0 Å². The topological polar surface area (TPSA) is 38.0 Å². The first kappa shape index (κ1) is 14.0. The van der Waals surface area contributed by atoms with Gasteiger partial charge in [-0.2, -0.15) is 0 Å². The molecule has 1 unspecified atom stereocenters. The third-order valence-corrected chi connectivity index (χ3v) is 4.43. The predicted molar refractivity (Wildman–Crippen MR) is 71.0 cm³/mol. The van der Waals surface area contributed by atoms with Crippen LogP contribution in [0.25, 0.3) is 0 Å². The monoisotopic (exact) mass is 226 g/mol. The molecule has 0 spiro atoms. The second kappa shape index (κ2) is 5.50. The van der Waals surface area contributed by atoms with Crippen LogP contribution in [0.2, 0.25) is 0 Å². The Hall–Kier alpha value is -0.0800. The zero-order valence-electron chi connectivity index (χ0n) is 11.6. The highest BCUT2D eigenvalue weighted by Crippen LogP contribution is 2.45. The van der Waals surface area contributed by atoms with E-state index in [1.807, 2.05) is 0 Å². The molecule has 1 aliphatic rings. The van der Waals surface area contributed by atoms with Gasteiger partial charge in [0.1, 0.15) is 0 Å². The van der Waals surface area contributed by atoms with E-state index < -0.39 is 0 Å². The molecule has 16 heavy (non-hydrogen) atoms. The van der Waals surface area contributed by atoms with Gasteiger partial charge in [0, 0.05) is 6.04 Å². The zero-order chi connectivity index (χ0) is 12.2. The van der Waals surface area contributed by atoms with Crippen LogP contribution in [0.5, 0.6) is 0 Å². The highest BCUT2D eigenvalue weighted by molar-refractivity contribution is 4.93. The van der Waals surface area contributed by atoms with E-state index in [-0.39, 0.29) is 0 Å². The molecule has 0 heterocycles. The van der Waals surface area contributed by atoms with Crippen molar-refractivity contribution in [3.63, 3.8) is 0 Å². The quantitative estimate of drug-likeness (QED) is 0.555. The van der Waals surface area contributed by atoms with Crippen molar-refractivity contribution in [3.05, 3.63) is 0 Å². The first-order valence-corrected chi connectivity index (χ1v) is 6.90. The lowest BCUT2D eigenvalue weighted by atomic mass is 9.73. The van der Waals surface area contributed by atoms with Gasteiger partial charge in [-0.25, -0.2) is 0 Å². The normalized spacial score (nSPS) is 22.3. The summed E-state index contributed by atoms with van der Waals surface area (Å²) in [4.78, 5) is 0. The molecule has 1 aliphatic carbocycles. The van der Waals surface area contributed by atoms with Crippen LogP contribution in [0.15, 0.2) is 0 Å². The predicted octanol–water partition coefficient (Wildman–Crippen LogP) is 3.62. The smallest absolute Gasteiger partial charge is 0.0267 e. The maximum atomic E-state index is 5.79. The minimum absolute atomic E-state index is 0.419. The summed E-state index contributed by atoms with van der Waals surface area (Å²) in [6.07, 6.45) is 9.25. The number of rotatable bonds is 5. The zero-order valence-corrected chi connectivity index (χ0v) is 11.6. The van der Waals surface area contributed by atoms with Crippen molar-refractivity contribution in [2.24, 2.45) is 16.7 Å². The van der Waals surface area contributed by atoms with Gasteiger partial charge in [-0.3, -0.25) is 11.3 Å². The Kier molecular flexibility index (Phi) is 4.81. The Balaban J connectivity index is 2.58. The molecule has 0 bridgehead atoms. The Morgan fingerprint density at radius 2 is 1.81 bits per heavy atom. The first-order chi connectivity index (χ1) is 7.43. The van der Waals surface area contributed by atoms with Gasteiger partial charge < -0.3 is 0 Å². The number of nitrogens with one attached hydrogen (secondary N) is 1. The molecule has 0 amide bonds. The molecule has 0 aromatic heterocycles. The molecule has 0 aliphatic heterocycles. The number of hydrogen-bond donors (Lipinski definition) is 2. The van der Waals surface area contributed by atoms with E-state index in [0.29, 0.717) is 16.9 Å². The number of nitrogens with two attached hydrogens (primary N) is 1. The molecule has 96 valence electrons. The molecule has 1 fully saturated rings. The highest BCUT2D eigenvalue weighted by atomic mass is 15.2. The van der Waals surface area contributed by atoms with Crippen molar-refractivity contribution in [1.82, 2.24) is 5.43 Å². The van der Waals surface area contributed by atoms with Crippen molar-refractivity contribution in [2.75, 3.05) is 0 Å².